The van der Waals surface area contributed by atoms with Crippen molar-refractivity contribution in [2.75, 3.05) is 7.05 Å². The summed E-state index contributed by atoms with van der Waals surface area (Å²) >= 11 is 0. The SMILES string of the molecule is CC(C)N(C)S(=O)(=O)c1ccc(F)c(CO)c1. The summed E-state index contributed by atoms with van der Waals surface area (Å²) in [4.78, 5) is -0.0147. The maximum absolute atomic E-state index is 13.1. The lowest BCUT2D eigenvalue weighted by atomic mass is 10.2. The molecule has 0 bridgehead atoms. The Balaban J connectivity index is 3.25. The van der Waals surface area contributed by atoms with Crippen LogP contribution in [0.25, 0.3) is 0 Å². The molecular formula is C11H16FNO3S. The van der Waals surface area contributed by atoms with Crippen molar-refractivity contribution in [2.24, 2.45) is 0 Å². The molecule has 0 atom stereocenters. The number of hydrogen-bond donors (Lipinski definition) is 1. The quantitative estimate of drug-likeness (QED) is 0.890. The van der Waals surface area contributed by atoms with E-state index in [1.54, 1.807) is 13.8 Å². The number of sulfonamides is 1. The third-order valence-electron chi connectivity index (χ3n) is 2.59. The van der Waals surface area contributed by atoms with Crippen LogP contribution in [0.5, 0.6) is 0 Å². The Morgan fingerprint density at radius 1 is 1.41 bits per heavy atom. The van der Waals surface area contributed by atoms with Crippen molar-refractivity contribution in [3.63, 3.8) is 0 Å². The van der Waals surface area contributed by atoms with E-state index in [-0.39, 0.29) is 16.5 Å². The molecule has 96 valence electrons. The Hall–Kier alpha value is -0.980. The van der Waals surface area contributed by atoms with Crippen LogP contribution >= 0.6 is 0 Å². The maximum Gasteiger partial charge on any atom is 0.243 e. The van der Waals surface area contributed by atoms with Crippen LogP contribution in [0, 0.1) is 5.82 Å². The predicted molar refractivity (Wildman–Crippen MR) is 62.4 cm³/mol. The topological polar surface area (TPSA) is 57.6 Å². The molecule has 0 aliphatic heterocycles. The van der Waals surface area contributed by atoms with E-state index < -0.39 is 22.4 Å². The molecule has 1 aromatic carbocycles. The van der Waals surface area contributed by atoms with Gasteiger partial charge in [-0.1, -0.05) is 0 Å². The zero-order chi connectivity index (χ0) is 13.2. The summed E-state index contributed by atoms with van der Waals surface area (Å²) < 4.78 is 38.5. The van der Waals surface area contributed by atoms with Crippen molar-refractivity contribution in [3.8, 4) is 0 Å². The lowest BCUT2D eigenvalue weighted by Gasteiger charge is -2.21. The molecule has 0 aromatic heterocycles. The smallest absolute Gasteiger partial charge is 0.243 e. The zero-order valence-electron chi connectivity index (χ0n) is 10.0. The van der Waals surface area contributed by atoms with E-state index in [1.165, 1.54) is 17.4 Å². The highest BCUT2D eigenvalue weighted by molar-refractivity contribution is 7.89. The molecule has 0 aliphatic carbocycles. The second-order valence-corrected chi connectivity index (χ2v) is 6.02. The van der Waals surface area contributed by atoms with Crippen LogP contribution < -0.4 is 0 Å². The Morgan fingerprint density at radius 3 is 2.47 bits per heavy atom. The minimum Gasteiger partial charge on any atom is -0.392 e. The Morgan fingerprint density at radius 2 is 2.00 bits per heavy atom. The van der Waals surface area contributed by atoms with Crippen molar-refractivity contribution in [2.45, 2.75) is 31.4 Å². The third-order valence-corrected chi connectivity index (χ3v) is 4.62. The van der Waals surface area contributed by atoms with Gasteiger partial charge in [0.05, 0.1) is 11.5 Å². The van der Waals surface area contributed by atoms with Crippen molar-refractivity contribution < 1.29 is 17.9 Å². The number of nitrogens with zero attached hydrogens (tertiary/aromatic N) is 1. The Kier molecular flexibility index (Phi) is 4.24. The van der Waals surface area contributed by atoms with Crippen LogP contribution in [0.4, 0.5) is 4.39 Å². The van der Waals surface area contributed by atoms with Gasteiger partial charge in [-0.3, -0.25) is 0 Å². The van der Waals surface area contributed by atoms with E-state index in [1.807, 2.05) is 0 Å². The van der Waals surface area contributed by atoms with Crippen LogP contribution in [0.1, 0.15) is 19.4 Å². The molecule has 1 aromatic rings. The molecule has 6 heteroatoms. The van der Waals surface area contributed by atoms with Gasteiger partial charge in [-0.05, 0) is 32.0 Å². The van der Waals surface area contributed by atoms with E-state index in [9.17, 15) is 12.8 Å². The number of benzene rings is 1. The van der Waals surface area contributed by atoms with Crippen LogP contribution in [-0.2, 0) is 16.6 Å². The van der Waals surface area contributed by atoms with E-state index in [2.05, 4.69) is 0 Å². The fraction of sp³-hybridized carbons (Fsp3) is 0.455. The average Bonchev–Trinajstić information content (AvgIpc) is 2.28. The molecule has 17 heavy (non-hydrogen) atoms. The highest BCUT2D eigenvalue weighted by Crippen LogP contribution is 2.19. The summed E-state index contributed by atoms with van der Waals surface area (Å²) in [5.41, 5.74) is -0.0248. The van der Waals surface area contributed by atoms with E-state index in [0.717, 1.165) is 12.1 Å². The summed E-state index contributed by atoms with van der Waals surface area (Å²) in [6, 6.07) is 3.21. The van der Waals surface area contributed by atoms with Gasteiger partial charge in [-0.2, -0.15) is 4.31 Å². The van der Waals surface area contributed by atoms with Gasteiger partial charge in [-0.15, -0.1) is 0 Å². The Labute approximate surface area is 101 Å². The standard InChI is InChI=1S/C11H16FNO3S/c1-8(2)13(3)17(15,16)10-4-5-11(12)9(6-10)7-14/h4-6,8,14H,7H2,1-3H3. The van der Waals surface area contributed by atoms with Gasteiger partial charge >= 0.3 is 0 Å². The van der Waals surface area contributed by atoms with Gasteiger partial charge in [0.25, 0.3) is 0 Å². The van der Waals surface area contributed by atoms with Crippen molar-refractivity contribution >= 4 is 10.0 Å². The third kappa shape index (κ3) is 2.83. The summed E-state index contributed by atoms with van der Waals surface area (Å²) in [5.74, 6) is -0.612. The first kappa shape index (κ1) is 14.1. The van der Waals surface area contributed by atoms with Gasteiger partial charge in [0, 0.05) is 18.7 Å². The highest BCUT2D eigenvalue weighted by Gasteiger charge is 2.23. The molecule has 0 aliphatic rings. The number of aliphatic hydroxyl groups excluding tert-OH is 1. The average molecular weight is 261 g/mol. The number of aliphatic hydroxyl groups is 1. The second kappa shape index (κ2) is 5.12. The number of hydrogen-bond acceptors (Lipinski definition) is 3. The van der Waals surface area contributed by atoms with Crippen LogP contribution in [0.2, 0.25) is 0 Å². The summed E-state index contributed by atoms with van der Waals surface area (Å²) in [6.45, 7) is 2.96. The molecule has 0 heterocycles. The van der Waals surface area contributed by atoms with Gasteiger partial charge in [0.2, 0.25) is 10.0 Å². The fourth-order valence-corrected chi connectivity index (χ4v) is 2.70. The van der Waals surface area contributed by atoms with Gasteiger partial charge < -0.3 is 5.11 Å². The van der Waals surface area contributed by atoms with E-state index >= 15 is 0 Å². The van der Waals surface area contributed by atoms with E-state index in [0.29, 0.717) is 0 Å². The van der Waals surface area contributed by atoms with Gasteiger partial charge in [0.1, 0.15) is 5.82 Å². The molecule has 0 saturated heterocycles. The second-order valence-electron chi connectivity index (χ2n) is 4.03. The van der Waals surface area contributed by atoms with Gasteiger partial charge in [0.15, 0.2) is 0 Å². The highest BCUT2D eigenvalue weighted by atomic mass is 32.2. The monoisotopic (exact) mass is 261 g/mol. The molecule has 0 radical (unpaired) electrons. The molecule has 4 nitrogen and oxygen atoms in total. The van der Waals surface area contributed by atoms with Crippen molar-refractivity contribution in [1.29, 1.82) is 0 Å². The van der Waals surface area contributed by atoms with Crippen LogP contribution in [0.15, 0.2) is 23.1 Å². The minimum absolute atomic E-state index is 0.0147. The molecule has 1 rings (SSSR count). The summed E-state index contributed by atoms with van der Waals surface area (Å²) in [7, 11) is -2.17. The first-order valence-electron chi connectivity index (χ1n) is 5.18. The molecule has 1 N–H and O–H groups in total. The summed E-state index contributed by atoms with van der Waals surface area (Å²) in [6.07, 6.45) is 0. The zero-order valence-corrected chi connectivity index (χ0v) is 10.8. The van der Waals surface area contributed by atoms with Crippen LogP contribution in [-0.4, -0.2) is 30.9 Å². The normalized spacial score (nSPS) is 12.4. The maximum atomic E-state index is 13.1. The molecule has 0 spiro atoms. The van der Waals surface area contributed by atoms with E-state index in [4.69, 9.17) is 5.11 Å². The first-order chi connectivity index (χ1) is 7.80. The molecule has 0 unspecified atom stereocenters. The molecule has 0 saturated carbocycles. The molecule has 0 amide bonds. The lowest BCUT2D eigenvalue weighted by molar-refractivity contribution is 0.275. The molecular weight excluding hydrogens is 245 g/mol. The number of halogens is 1. The number of rotatable bonds is 4. The van der Waals surface area contributed by atoms with Crippen molar-refractivity contribution in [3.05, 3.63) is 29.6 Å². The van der Waals surface area contributed by atoms with Crippen molar-refractivity contribution in [1.82, 2.24) is 4.31 Å². The van der Waals surface area contributed by atoms with Crippen LogP contribution in [0.3, 0.4) is 0 Å². The first-order valence-corrected chi connectivity index (χ1v) is 6.62. The Bertz CT molecular complexity index is 499. The fourth-order valence-electron chi connectivity index (χ4n) is 1.28. The molecule has 0 fully saturated rings. The summed E-state index contributed by atoms with van der Waals surface area (Å²) in [5, 5.41) is 8.91. The predicted octanol–water partition coefficient (Wildman–Crippen LogP) is 1.35. The van der Waals surface area contributed by atoms with Gasteiger partial charge in [-0.25, -0.2) is 12.8 Å². The largest absolute Gasteiger partial charge is 0.392 e. The lowest BCUT2D eigenvalue weighted by Crippen LogP contribution is -2.33. The minimum atomic E-state index is -3.63.